The standard InChI is InChI=1S/C15H11ClFNO/c1-10-7-12(6-5-11(10)8-16)19-15-4-2-3-14(17)13(15)9-18/h2-7H,8H2,1H3. The number of ether oxygens (including phenoxy) is 1. The molecule has 0 bridgehead atoms. The minimum atomic E-state index is -0.589. The van der Waals surface area contributed by atoms with Crippen LogP contribution >= 0.6 is 11.6 Å². The molecule has 2 rings (SSSR count). The zero-order chi connectivity index (χ0) is 13.8. The lowest BCUT2D eigenvalue weighted by molar-refractivity contribution is 0.474. The van der Waals surface area contributed by atoms with Crippen LogP contribution < -0.4 is 4.74 Å². The highest BCUT2D eigenvalue weighted by molar-refractivity contribution is 6.17. The van der Waals surface area contributed by atoms with E-state index >= 15 is 0 Å². The monoisotopic (exact) mass is 275 g/mol. The van der Waals surface area contributed by atoms with E-state index in [-0.39, 0.29) is 11.3 Å². The molecule has 2 aromatic rings. The topological polar surface area (TPSA) is 33.0 Å². The predicted octanol–water partition coefficient (Wildman–Crippen LogP) is 4.54. The van der Waals surface area contributed by atoms with Crippen LogP contribution in [-0.4, -0.2) is 0 Å². The van der Waals surface area contributed by atoms with E-state index in [1.54, 1.807) is 18.2 Å². The fraction of sp³-hybridized carbons (Fsp3) is 0.133. The lowest BCUT2D eigenvalue weighted by atomic mass is 10.1. The molecule has 0 aliphatic heterocycles. The van der Waals surface area contributed by atoms with Crippen LogP contribution in [-0.2, 0) is 5.88 Å². The Balaban J connectivity index is 2.34. The number of rotatable bonds is 3. The largest absolute Gasteiger partial charge is 0.456 e. The van der Waals surface area contributed by atoms with E-state index in [2.05, 4.69) is 0 Å². The van der Waals surface area contributed by atoms with Crippen LogP contribution in [0.5, 0.6) is 11.5 Å². The van der Waals surface area contributed by atoms with E-state index in [9.17, 15) is 4.39 Å². The third kappa shape index (κ3) is 2.86. The number of nitriles is 1. The molecule has 2 aromatic carbocycles. The van der Waals surface area contributed by atoms with Gasteiger partial charge in [0.1, 0.15) is 28.9 Å². The van der Waals surface area contributed by atoms with Crippen molar-refractivity contribution in [3.63, 3.8) is 0 Å². The van der Waals surface area contributed by atoms with Crippen molar-refractivity contribution in [2.45, 2.75) is 12.8 Å². The summed E-state index contributed by atoms with van der Waals surface area (Å²) in [7, 11) is 0. The SMILES string of the molecule is Cc1cc(Oc2cccc(F)c2C#N)ccc1CCl. The molecule has 0 radical (unpaired) electrons. The molecule has 0 aliphatic rings. The number of benzene rings is 2. The van der Waals surface area contributed by atoms with Crippen LogP contribution in [0.15, 0.2) is 36.4 Å². The van der Waals surface area contributed by atoms with Crippen molar-refractivity contribution in [1.82, 2.24) is 0 Å². The maximum Gasteiger partial charge on any atom is 0.148 e. The first kappa shape index (κ1) is 13.4. The lowest BCUT2D eigenvalue weighted by Crippen LogP contribution is -1.93. The summed E-state index contributed by atoms with van der Waals surface area (Å²) in [5.74, 6) is 0.596. The summed E-state index contributed by atoms with van der Waals surface area (Å²) in [4.78, 5) is 0. The molecule has 0 N–H and O–H groups in total. The third-order valence-electron chi connectivity index (χ3n) is 2.77. The van der Waals surface area contributed by atoms with Crippen molar-refractivity contribution < 1.29 is 9.13 Å². The van der Waals surface area contributed by atoms with Gasteiger partial charge in [-0.05, 0) is 42.3 Å². The predicted molar refractivity (Wildman–Crippen MR) is 71.9 cm³/mol. The maximum atomic E-state index is 13.4. The van der Waals surface area contributed by atoms with E-state index in [1.807, 2.05) is 19.1 Å². The molecule has 0 atom stereocenters. The zero-order valence-corrected chi connectivity index (χ0v) is 11.0. The van der Waals surface area contributed by atoms with E-state index in [4.69, 9.17) is 21.6 Å². The Morgan fingerprint density at radius 2 is 2.11 bits per heavy atom. The molecule has 0 heterocycles. The van der Waals surface area contributed by atoms with Gasteiger partial charge in [0.2, 0.25) is 0 Å². The quantitative estimate of drug-likeness (QED) is 0.771. The Morgan fingerprint density at radius 1 is 1.32 bits per heavy atom. The Morgan fingerprint density at radius 3 is 2.74 bits per heavy atom. The third-order valence-corrected chi connectivity index (χ3v) is 3.06. The second kappa shape index (κ2) is 5.73. The average molecular weight is 276 g/mol. The lowest BCUT2D eigenvalue weighted by Gasteiger charge is -2.10. The molecule has 0 aliphatic carbocycles. The van der Waals surface area contributed by atoms with Gasteiger partial charge >= 0.3 is 0 Å². The van der Waals surface area contributed by atoms with Gasteiger partial charge in [-0.3, -0.25) is 0 Å². The number of aryl methyl sites for hydroxylation is 1. The number of hydrogen-bond donors (Lipinski definition) is 0. The van der Waals surface area contributed by atoms with E-state index < -0.39 is 5.82 Å². The van der Waals surface area contributed by atoms with Gasteiger partial charge in [-0.1, -0.05) is 12.1 Å². The summed E-state index contributed by atoms with van der Waals surface area (Å²) in [5.41, 5.74) is 1.90. The maximum absolute atomic E-state index is 13.4. The van der Waals surface area contributed by atoms with Gasteiger partial charge < -0.3 is 4.74 Å². The van der Waals surface area contributed by atoms with Gasteiger partial charge in [-0.2, -0.15) is 5.26 Å². The number of hydrogen-bond acceptors (Lipinski definition) is 2. The van der Waals surface area contributed by atoms with E-state index in [1.165, 1.54) is 12.1 Å². The molecule has 96 valence electrons. The Labute approximate surface area is 116 Å². The molecule has 19 heavy (non-hydrogen) atoms. The second-order valence-corrected chi connectivity index (χ2v) is 4.32. The zero-order valence-electron chi connectivity index (χ0n) is 10.3. The summed E-state index contributed by atoms with van der Waals surface area (Å²) in [6.07, 6.45) is 0. The summed E-state index contributed by atoms with van der Waals surface area (Å²) >= 11 is 5.78. The van der Waals surface area contributed by atoms with Crippen molar-refractivity contribution in [2.24, 2.45) is 0 Å². The molecule has 4 heteroatoms. The fourth-order valence-electron chi connectivity index (χ4n) is 1.71. The minimum Gasteiger partial charge on any atom is -0.456 e. The van der Waals surface area contributed by atoms with Crippen LogP contribution in [0.25, 0.3) is 0 Å². The number of halogens is 2. The van der Waals surface area contributed by atoms with E-state index in [0.29, 0.717) is 11.6 Å². The van der Waals surface area contributed by atoms with Gasteiger partial charge in [-0.25, -0.2) is 4.39 Å². The molecule has 0 saturated carbocycles. The van der Waals surface area contributed by atoms with Crippen LogP contribution in [0.2, 0.25) is 0 Å². The summed E-state index contributed by atoms with van der Waals surface area (Å²) in [6, 6.07) is 11.5. The first-order chi connectivity index (χ1) is 9.15. The van der Waals surface area contributed by atoms with Crippen LogP contribution in [0.4, 0.5) is 4.39 Å². The number of alkyl halides is 1. The van der Waals surface area contributed by atoms with Gasteiger partial charge in [0.05, 0.1) is 0 Å². The van der Waals surface area contributed by atoms with Crippen molar-refractivity contribution >= 4 is 11.6 Å². The minimum absolute atomic E-state index is 0.0958. The Hall–Kier alpha value is -2.05. The van der Waals surface area contributed by atoms with Gasteiger partial charge in [0, 0.05) is 5.88 Å². The van der Waals surface area contributed by atoms with Gasteiger partial charge in [0.25, 0.3) is 0 Å². The van der Waals surface area contributed by atoms with Crippen molar-refractivity contribution in [3.05, 3.63) is 58.9 Å². The highest BCUT2D eigenvalue weighted by Gasteiger charge is 2.10. The molecule has 0 fully saturated rings. The first-order valence-corrected chi connectivity index (χ1v) is 6.21. The number of nitrogens with zero attached hydrogens (tertiary/aromatic N) is 1. The van der Waals surface area contributed by atoms with Crippen molar-refractivity contribution in [3.8, 4) is 17.6 Å². The first-order valence-electron chi connectivity index (χ1n) is 5.67. The molecule has 0 unspecified atom stereocenters. The highest BCUT2D eigenvalue weighted by atomic mass is 35.5. The average Bonchev–Trinajstić information content (AvgIpc) is 2.39. The highest BCUT2D eigenvalue weighted by Crippen LogP contribution is 2.28. The molecular formula is C15H11ClFNO. The molecule has 2 nitrogen and oxygen atoms in total. The normalized spacial score (nSPS) is 10.0. The Bertz CT molecular complexity index is 649. The molecule has 0 spiro atoms. The van der Waals surface area contributed by atoms with E-state index in [0.717, 1.165) is 11.1 Å². The van der Waals surface area contributed by atoms with Gasteiger partial charge in [-0.15, -0.1) is 11.6 Å². The molecular weight excluding hydrogens is 265 g/mol. The molecule has 0 amide bonds. The van der Waals surface area contributed by atoms with Crippen molar-refractivity contribution in [1.29, 1.82) is 5.26 Å². The van der Waals surface area contributed by atoms with Crippen molar-refractivity contribution in [2.75, 3.05) is 0 Å². The second-order valence-electron chi connectivity index (χ2n) is 4.05. The van der Waals surface area contributed by atoms with Crippen LogP contribution in [0.1, 0.15) is 16.7 Å². The van der Waals surface area contributed by atoms with Crippen LogP contribution in [0, 0.1) is 24.1 Å². The molecule has 0 saturated heterocycles. The summed E-state index contributed by atoms with van der Waals surface area (Å²) < 4.78 is 19.0. The van der Waals surface area contributed by atoms with Gasteiger partial charge in [0.15, 0.2) is 0 Å². The van der Waals surface area contributed by atoms with Crippen LogP contribution in [0.3, 0.4) is 0 Å². The Kier molecular flexibility index (Phi) is 4.03. The summed E-state index contributed by atoms with van der Waals surface area (Å²) in [5, 5.41) is 8.93. The molecule has 0 aromatic heterocycles. The summed E-state index contributed by atoms with van der Waals surface area (Å²) in [6.45, 7) is 1.92. The smallest absolute Gasteiger partial charge is 0.148 e. The fourth-order valence-corrected chi connectivity index (χ4v) is 2.01.